The zero-order chi connectivity index (χ0) is 18.0. The van der Waals surface area contributed by atoms with Gasteiger partial charge >= 0.3 is 0 Å². The van der Waals surface area contributed by atoms with Gasteiger partial charge in [0.2, 0.25) is 5.91 Å². The number of likely N-dealkylation sites (N-methyl/N-ethyl adjacent to an activating group) is 2. The fourth-order valence-electron chi connectivity index (χ4n) is 2.64. The SMILES string of the molecule is CNC(=O)CN(C)C(=O)c1cc2c(C)nn(Cc3ccccc3)c2s1. The van der Waals surface area contributed by atoms with Crippen molar-refractivity contribution in [2.75, 3.05) is 20.6 Å². The van der Waals surface area contributed by atoms with Crippen LogP contribution in [-0.2, 0) is 11.3 Å². The lowest BCUT2D eigenvalue weighted by atomic mass is 10.2. The predicted molar refractivity (Wildman–Crippen MR) is 98.9 cm³/mol. The van der Waals surface area contributed by atoms with Gasteiger partial charge in [0.1, 0.15) is 4.83 Å². The number of aromatic nitrogens is 2. The number of benzene rings is 1. The molecule has 0 aliphatic heterocycles. The lowest BCUT2D eigenvalue weighted by molar-refractivity contribution is -0.121. The van der Waals surface area contributed by atoms with Crippen molar-refractivity contribution >= 4 is 33.4 Å². The van der Waals surface area contributed by atoms with Crippen LogP contribution in [0.25, 0.3) is 10.2 Å². The van der Waals surface area contributed by atoms with E-state index in [1.165, 1.54) is 16.2 Å². The zero-order valence-electron chi connectivity index (χ0n) is 14.4. The molecule has 3 rings (SSSR count). The number of nitrogens with zero attached hydrogens (tertiary/aromatic N) is 3. The molecule has 0 saturated carbocycles. The molecule has 2 heterocycles. The summed E-state index contributed by atoms with van der Waals surface area (Å²) < 4.78 is 1.93. The molecule has 0 radical (unpaired) electrons. The molecule has 25 heavy (non-hydrogen) atoms. The van der Waals surface area contributed by atoms with Crippen LogP contribution in [0.2, 0.25) is 0 Å². The van der Waals surface area contributed by atoms with Crippen molar-refractivity contribution in [3.8, 4) is 0 Å². The minimum absolute atomic E-state index is 0.0404. The Kier molecular flexibility index (Phi) is 4.85. The molecule has 0 aliphatic rings. The van der Waals surface area contributed by atoms with Crippen LogP contribution in [0.3, 0.4) is 0 Å². The number of amides is 2. The molecule has 2 aromatic heterocycles. The van der Waals surface area contributed by atoms with Crippen LogP contribution in [0.15, 0.2) is 36.4 Å². The summed E-state index contributed by atoms with van der Waals surface area (Å²) in [7, 11) is 3.19. The van der Waals surface area contributed by atoms with Gasteiger partial charge in [-0.2, -0.15) is 5.10 Å². The summed E-state index contributed by atoms with van der Waals surface area (Å²) in [5, 5.41) is 8.10. The van der Waals surface area contributed by atoms with Gasteiger partial charge in [-0.25, -0.2) is 0 Å². The van der Waals surface area contributed by atoms with Gasteiger partial charge in [0, 0.05) is 19.5 Å². The predicted octanol–water partition coefficient (Wildman–Crippen LogP) is 2.27. The molecular weight excluding hydrogens is 336 g/mol. The quantitative estimate of drug-likeness (QED) is 0.763. The zero-order valence-corrected chi connectivity index (χ0v) is 15.3. The second-order valence-electron chi connectivity index (χ2n) is 5.89. The molecule has 0 aliphatic carbocycles. The number of aryl methyl sites for hydroxylation is 1. The van der Waals surface area contributed by atoms with Crippen molar-refractivity contribution in [3.63, 3.8) is 0 Å². The lowest BCUT2D eigenvalue weighted by Crippen LogP contribution is -2.36. The standard InChI is InChI=1S/C18H20N4O2S/c1-12-14-9-15(17(24)21(3)11-16(23)19-2)25-18(14)22(20-12)10-13-7-5-4-6-8-13/h4-9H,10-11H2,1-3H3,(H,19,23). The second kappa shape index (κ2) is 7.06. The van der Waals surface area contributed by atoms with Gasteiger partial charge in [0.15, 0.2) is 0 Å². The molecule has 130 valence electrons. The van der Waals surface area contributed by atoms with E-state index in [0.717, 1.165) is 21.5 Å². The van der Waals surface area contributed by atoms with Gasteiger partial charge in [-0.3, -0.25) is 14.3 Å². The Morgan fingerprint density at radius 1 is 1.28 bits per heavy atom. The van der Waals surface area contributed by atoms with E-state index in [0.29, 0.717) is 11.4 Å². The Balaban J connectivity index is 1.88. The van der Waals surface area contributed by atoms with E-state index in [4.69, 9.17) is 0 Å². The van der Waals surface area contributed by atoms with Crippen LogP contribution in [0, 0.1) is 6.92 Å². The average Bonchev–Trinajstić information content (AvgIpc) is 3.16. The highest BCUT2D eigenvalue weighted by Gasteiger charge is 2.20. The molecule has 0 unspecified atom stereocenters. The van der Waals surface area contributed by atoms with E-state index in [2.05, 4.69) is 22.5 Å². The normalized spacial score (nSPS) is 10.8. The molecule has 1 aromatic carbocycles. The molecule has 0 spiro atoms. The fourth-order valence-corrected chi connectivity index (χ4v) is 3.79. The summed E-state index contributed by atoms with van der Waals surface area (Å²) in [6, 6.07) is 12.0. The number of nitrogens with one attached hydrogen (secondary N) is 1. The van der Waals surface area contributed by atoms with E-state index >= 15 is 0 Å². The van der Waals surface area contributed by atoms with E-state index in [1.807, 2.05) is 35.9 Å². The monoisotopic (exact) mass is 356 g/mol. The van der Waals surface area contributed by atoms with Crippen LogP contribution in [0.1, 0.15) is 20.9 Å². The topological polar surface area (TPSA) is 67.2 Å². The molecule has 0 atom stereocenters. The number of hydrogen-bond acceptors (Lipinski definition) is 4. The van der Waals surface area contributed by atoms with Crippen molar-refractivity contribution < 1.29 is 9.59 Å². The van der Waals surface area contributed by atoms with Crippen LogP contribution >= 0.6 is 11.3 Å². The maximum Gasteiger partial charge on any atom is 0.264 e. The summed E-state index contributed by atoms with van der Waals surface area (Å²) in [5.74, 6) is -0.348. The highest BCUT2D eigenvalue weighted by atomic mass is 32.1. The second-order valence-corrected chi connectivity index (χ2v) is 6.92. The fraction of sp³-hybridized carbons (Fsp3) is 0.278. The summed E-state index contributed by atoms with van der Waals surface area (Å²) in [6.45, 7) is 2.64. The summed E-state index contributed by atoms with van der Waals surface area (Å²) in [6.07, 6.45) is 0. The van der Waals surface area contributed by atoms with Crippen molar-refractivity contribution in [3.05, 3.63) is 52.5 Å². The third-order valence-corrected chi connectivity index (χ3v) is 5.14. The Bertz CT molecular complexity index is 914. The first-order valence-corrected chi connectivity index (χ1v) is 8.78. The van der Waals surface area contributed by atoms with E-state index in [9.17, 15) is 9.59 Å². The smallest absolute Gasteiger partial charge is 0.264 e. The van der Waals surface area contributed by atoms with Crippen LogP contribution in [0.5, 0.6) is 0 Å². The third kappa shape index (κ3) is 3.56. The number of fused-ring (bicyclic) bond motifs is 1. The van der Waals surface area contributed by atoms with Gasteiger partial charge in [-0.15, -0.1) is 11.3 Å². The minimum atomic E-state index is -0.191. The number of rotatable bonds is 5. The first-order valence-electron chi connectivity index (χ1n) is 7.96. The molecule has 7 heteroatoms. The summed E-state index contributed by atoms with van der Waals surface area (Å²) in [5.41, 5.74) is 2.06. The first kappa shape index (κ1) is 17.2. The van der Waals surface area contributed by atoms with E-state index < -0.39 is 0 Å². The van der Waals surface area contributed by atoms with Crippen LogP contribution in [-0.4, -0.2) is 47.1 Å². The number of hydrogen-bond donors (Lipinski definition) is 1. The van der Waals surface area contributed by atoms with E-state index in [-0.39, 0.29) is 18.4 Å². The average molecular weight is 356 g/mol. The summed E-state index contributed by atoms with van der Waals surface area (Å²) >= 11 is 1.41. The Morgan fingerprint density at radius 2 is 2.00 bits per heavy atom. The third-order valence-electron chi connectivity index (χ3n) is 4.00. The largest absolute Gasteiger partial charge is 0.358 e. The van der Waals surface area contributed by atoms with E-state index in [1.54, 1.807) is 14.1 Å². The molecule has 3 aromatic rings. The Hall–Kier alpha value is -2.67. The summed E-state index contributed by atoms with van der Waals surface area (Å²) in [4.78, 5) is 27.1. The van der Waals surface area contributed by atoms with Crippen molar-refractivity contribution in [2.24, 2.45) is 0 Å². The minimum Gasteiger partial charge on any atom is -0.358 e. The number of thiophene rings is 1. The maximum atomic E-state index is 12.6. The first-order chi connectivity index (χ1) is 12.0. The molecule has 0 saturated heterocycles. The van der Waals surface area contributed by atoms with Crippen molar-refractivity contribution in [1.82, 2.24) is 20.0 Å². The molecule has 0 fully saturated rings. The molecular formula is C18H20N4O2S. The highest BCUT2D eigenvalue weighted by Crippen LogP contribution is 2.29. The molecule has 0 bridgehead atoms. The maximum absolute atomic E-state index is 12.6. The van der Waals surface area contributed by atoms with Crippen molar-refractivity contribution in [1.29, 1.82) is 0 Å². The number of carbonyl (C=O) groups excluding carboxylic acids is 2. The lowest BCUT2D eigenvalue weighted by Gasteiger charge is -2.14. The van der Waals surface area contributed by atoms with Crippen LogP contribution in [0.4, 0.5) is 0 Å². The highest BCUT2D eigenvalue weighted by molar-refractivity contribution is 7.20. The Labute approximate surface area is 150 Å². The Morgan fingerprint density at radius 3 is 2.68 bits per heavy atom. The van der Waals surface area contributed by atoms with Gasteiger partial charge in [0.25, 0.3) is 5.91 Å². The van der Waals surface area contributed by atoms with Crippen LogP contribution < -0.4 is 5.32 Å². The van der Waals surface area contributed by atoms with Gasteiger partial charge in [0.05, 0.1) is 23.7 Å². The van der Waals surface area contributed by atoms with Gasteiger partial charge < -0.3 is 10.2 Å². The molecule has 1 N–H and O–H groups in total. The molecule has 6 nitrogen and oxygen atoms in total. The number of carbonyl (C=O) groups is 2. The van der Waals surface area contributed by atoms with Gasteiger partial charge in [-0.05, 0) is 18.6 Å². The van der Waals surface area contributed by atoms with Crippen molar-refractivity contribution in [2.45, 2.75) is 13.5 Å². The molecule has 2 amide bonds. The van der Waals surface area contributed by atoms with Gasteiger partial charge in [-0.1, -0.05) is 30.3 Å².